The third-order valence-corrected chi connectivity index (χ3v) is 6.48. The molecule has 3 aromatic rings. The van der Waals surface area contributed by atoms with Crippen LogP contribution in [0.2, 0.25) is 0 Å². The van der Waals surface area contributed by atoms with E-state index in [1.807, 2.05) is 24.5 Å². The fourth-order valence-electron chi connectivity index (χ4n) is 3.10. The molecule has 1 aliphatic rings. The maximum Gasteiger partial charge on any atom is 0.205 e. The highest BCUT2D eigenvalue weighted by Gasteiger charge is 2.27. The van der Waals surface area contributed by atoms with Crippen molar-refractivity contribution >= 4 is 28.0 Å². The van der Waals surface area contributed by atoms with Crippen LogP contribution in [0.5, 0.6) is 0 Å². The van der Waals surface area contributed by atoms with E-state index in [-0.39, 0.29) is 5.41 Å². The van der Waals surface area contributed by atoms with Gasteiger partial charge in [0.1, 0.15) is 5.82 Å². The van der Waals surface area contributed by atoms with Crippen molar-refractivity contribution in [3.05, 3.63) is 40.7 Å². The number of rotatable bonds is 3. The molecular formula is C19H23N5S2. The standard InChI is InChI=1S/C19H23N5S2/c1-19(2,3)17-22-18(26-23-17)24-10-6-14(7-11-24)16-21-15(12-25-16)13-4-8-20-9-5-13/h4-5,8-9,12,14H,6-7,10-11H2,1-3H3. The lowest BCUT2D eigenvalue weighted by Crippen LogP contribution is -2.32. The minimum atomic E-state index is 0.0112. The Morgan fingerprint density at radius 1 is 1.08 bits per heavy atom. The number of pyridine rings is 1. The molecule has 0 aromatic carbocycles. The van der Waals surface area contributed by atoms with Gasteiger partial charge in [-0.3, -0.25) is 4.98 Å². The highest BCUT2D eigenvalue weighted by Crippen LogP contribution is 2.35. The number of anilines is 1. The number of aromatic nitrogens is 4. The Morgan fingerprint density at radius 2 is 1.81 bits per heavy atom. The summed E-state index contributed by atoms with van der Waals surface area (Å²) in [4.78, 5) is 16.1. The van der Waals surface area contributed by atoms with E-state index in [4.69, 9.17) is 9.97 Å². The highest BCUT2D eigenvalue weighted by molar-refractivity contribution is 7.10. The lowest BCUT2D eigenvalue weighted by atomic mass is 9.96. The summed E-state index contributed by atoms with van der Waals surface area (Å²) in [6.45, 7) is 8.52. The summed E-state index contributed by atoms with van der Waals surface area (Å²) in [5, 5.41) is 4.48. The lowest BCUT2D eigenvalue weighted by molar-refractivity contribution is 0.501. The molecule has 136 valence electrons. The average Bonchev–Trinajstić information content (AvgIpc) is 3.32. The fraction of sp³-hybridized carbons (Fsp3) is 0.474. The van der Waals surface area contributed by atoms with Crippen molar-refractivity contribution in [1.82, 2.24) is 19.3 Å². The van der Waals surface area contributed by atoms with Crippen molar-refractivity contribution in [3.8, 4) is 11.3 Å². The van der Waals surface area contributed by atoms with Crippen LogP contribution in [0.4, 0.5) is 5.13 Å². The number of nitrogens with zero attached hydrogens (tertiary/aromatic N) is 5. The summed E-state index contributed by atoms with van der Waals surface area (Å²) < 4.78 is 4.55. The molecular weight excluding hydrogens is 362 g/mol. The number of thiazole rings is 1. The molecule has 0 unspecified atom stereocenters. The zero-order chi connectivity index (χ0) is 18.1. The Bertz CT molecular complexity index is 857. The Hall–Kier alpha value is -1.86. The van der Waals surface area contributed by atoms with Crippen LogP contribution >= 0.6 is 22.9 Å². The maximum atomic E-state index is 4.89. The molecule has 3 aromatic heterocycles. The molecule has 0 aliphatic carbocycles. The largest absolute Gasteiger partial charge is 0.347 e. The molecule has 0 bridgehead atoms. The zero-order valence-electron chi connectivity index (χ0n) is 15.3. The molecule has 1 aliphatic heterocycles. The van der Waals surface area contributed by atoms with E-state index in [1.54, 1.807) is 11.3 Å². The van der Waals surface area contributed by atoms with E-state index < -0.39 is 0 Å². The maximum absolute atomic E-state index is 4.89. The molecule has 26 heavy (non-hydrogen) atoms. The summed E-state index contributed by atoms with van der Waals surface area (Å²) in [6.07, 6.45) is 5.88. The molecule has 0 N–H and O–H groups in total. The van der Waals surface area contributed by atoms with Crippen molar-refractivity contribution in [2.24, 2.45) is 0 Å². The quantitative estimate of drug-likeness (QED) is 0.652. The van der Waals surface area contributed by atoms with Gasteiger partial charge in [0, 0.05) is 59.3 Å². The van der Waals surface area contributed by atoms with Gasteiger partial charge in [0.15, 0.2) is 0 Å². The second-order valence-electron chi connectivity index (χ2n) is 7.72. The lowest BCUT2D eigenvalue weighted by Gasteiger charge is -2.30. The molecule has 4 rings (SSSR count). The summed E-state index contributed by atoms with van der Waals surface area (Å²) in [5.74, 6) is 1.49. The van der Waals surface area contributed by atoms with Gasteiger partial charge in [-0.15, -0.1) is 11.3 Å². The van der Waals surface area contributed by atoms with Crippen LogP contribution in [-0.4, -0.2) is 32.4 Å². The van der Waals surface area contributed by atoms with E-state index >= 15 is 0 Å². The third-order valence-electron chi connectivity index (χ3n) is 4.70. The van der Waals surface area contributed by atoms with E-state index in [1.165, 1.54) is 16.5 Å². The van der Waals surface area contributed by atoms with Crippen molar-refractivity contribution < 1.29 is 0 Å². The van der Waals surface area contributed by atoms with Gasteiger partial charge in [0.25, 0.3) is 0 Å². The van der Waals surface area contributed by atoms with Gasteiger partial charge in [-0.2, -0.15) is 4.37 Å². The Kier molecular flexibility index (Phi) is 4.75. The van der Waals surface area contributed by atoms with Crippen LogP contribution in [0.15, 0.2) is 29.9 Å². The Morgan fingerprint density at radius 3 is 2.46 bits per heavy atom. The van der Waals surface area contributed by atoms with Crippen LogP contribution < -0.4 is 4.90 Å². The van der Waals surface area contributed by atoms with E-state index in [2.05, 4.69) is 40.4 Å². The van der Waals surface area contributed by atoms with Crippen LogP contribution in [0.25, 0.3) is 11.3 Å². The van der Waals surface area contributed by atoms with Crippen molar-refractivity contribution in [1.29, 1.82) is 0 Å². The van der Waals surface area contributed by atoms with Gasteiger partial charge < -0.3 is 4.90 Å². The normalized spacial score (nSPS) is 16.2. The molecule has 1 fully saturated rings. The molecule has 1 saturated heterocycles. The predicted octanol–water partition coefficient (Wildman–Crippen LogP) is 4.74. The zero-order valence-corrected chi connectivity index (χ0v) is 17.0. The van der Waals surface area contributed by atoms with Gasteiger partial charge in [-0.05, 0) is 25.0 Å². The monoisotopic (exact) mass is 385 g/mol. The Balaban J connectivity index is 1.41. The molecule has 7 heteroatoms. The van der Waals surface area contributed by atoms with Gasteiger partial charge in [0.2, 0.25) is 5.13 Å². The number of hydrogen-bond acceptors (Lipinski definition) is 7. The first-order valence-corrected chi connectivity index (χ1v) is 10.6. The second kappa shape index (κ2) is 7.04. The molecule has 4 heterocycles. The molecule has 0 saturated carbocycles. The first-order valence-electron chi connectivity index (χ1n) is 8.95. The van der Waals surface area contributed by atoms with E-state index in [0.717, 1.165) is 48.1 Å². The van der Waals surface area contributed by atoms with Crippen LogP contribution in [0.1, 0.15) is 50.4 Å². The van der Waals surface area contributed by atoms with Crippen molar-refractivity contribution in [3.63, 3.8) is 0 Å². The first kappa shape index (κ1) is 17.5. The topological polar surface area (TPSA) is 54.8 Å². The van der Waals surface area contributed by atoms with Gasteiger partial charge >= 0.3 is 0 Å². The summed E-state index contributed by atoms with van der Waals surface area (Å²) in [7, 11) is 0. The molecule has 0 amide bonds. The SMILES string of the molecule is CC(C)(C)c1nsc(N2CCC(c3nc(-c4ccncc4)cs3)CC2)n1. The summed E-state index contributed by atoms with van der Waals surface area (Å²) >= 11 is 3.31. The second-order valence-corrected chi connectivity index (χ2v) is 9.34. The molecule has 0 spiro atoms. The van der Waals surface area contributed by atoms with E-state index in [9.17, 15) is 0 Å². The minimum Gasteiger partial charge on any atom is -0.347 e. The fourth-order valence-corrected chi connectivity index (χ4v) is 5.01. The molecule has 0 radical (unpaired) electrons. The minimum absolute atomic E-state index is 0.0112. The molecule has 0 atom stereocenters. The van der Waals surface area contributed by atoms with Gasteiger partial charge in [-0.1, -0.05) is 20.8 Å². The summed E-state index contributed by atoms with van der Waals surface area (Å²) in [5.41, 5.74) is 2.22. The van der Waals surface area contributed by atoms with Crippen LogP contribution in [-0.2, 0) is 5.41 Å². The Labute approximate surface area is 162 Å². The number of hydrogen-bond donors (Lipinski definition) is 0. The number of piperidine rings is 1. The summed E-state index contributed by atoms with van der Waals surface area (Å²) in [6, 6.07) is 4.04. The van der Waals surface area contributed by atoms with Crippen molar-refractivity contribution in [2.75, 3.05) is 18.0 Å². The smallest absolute Gasteiger partial charge is 0.205 e. The van der Waals surface area contributed by atoms with Gasteiger partial charge in [-0.25, -0.2) is 9.97 Å². The predicted molar refractivity (Wildman–Crippen MR) is 108 cm³/mol. The first-order chi connectivity index (χ1) is 12.5. The highest BCUT2D eigenvalue weighted by atomic mass is 32.1. The third kappa shape index (κ3) is 3.64. The average molecular weight is 386 g/mol. The van der Waals surface area contributed by atoms with Crippen LogP contribution in [0, 0.1) is 0 Å². The van der Waals surface area contributed by atoms with Crippen LogP contribution in [0.3, 0.4) is 0 Å². The molecule has 5 nitrogen and oxygen atoms in total. The van der Waals surface area contributed by atoms with E-state index in [0.29, 0.717) is 5.92 Å². The van der Waals surface area contributed by atoms with Gasteiger partial charge in [0.05, 0.1) is 10.7 Å². The van der Waals surface area contributed by atoms with Crippen molar-refractivity contribution in [2.45, 2.75) is 44.9 Å².